The van der Waals surface area contributed by atoms with Gasteiger partial charge in [-0.15, -0.1) is 12.4 Å². The first-order valence-corrected chi connectivity index (χ1v) is 9.59. The van der Waals surface area contributed by atoms with Crippen LogP contribution in [0.2, 0.25) is 5.02 Å². The van der Waals surface area contributed by atoms with E-state index < -0.39 is 0 Å². The minimum atomic E-state index is -0.0976. The smallest absolute Gasteiger partial charge is 0.255 e. The van der Waals surface area contributed by atoms with E-state index in [0.717, 1.165) is 12.8 Å². The molecule has 1 atom stereocenters. The molecule has 0 radical (unpaired) electrons. The molecule has 0 aromatic heterocycles. The topological polar surface area (TPSA) is 75.4 Å². The van der Waals surface area contributed by atoms with E-state index in [-0.39, 0.29) is 35.7 Å². The molecule has 2 rings (SSSR count). The van der Waals surface area contributed by atoms with Crippen LogP contribution in [0.1, 0.15) is 57.3 Å². The summed E-state index contributed by atoms with van der Waals surface area (Å²) in [5, 5.41) is 3.26. The molecular weight excluding hydrogens is 385 g/mol. The van der Waals surface area contributed by atoms with E-state index in [9.17, 15) is 9.59 Å². The lowest BCUT2D eigenvalue weighted by Gasteiger charge is -2.34. The van der Waals surface area contributed by atoms with Crippen molar-refractivity contribution in [1.29, 1.82) is 0 Å². The Balaban J connectivity index is 0.00000364. The zero-order chi connectivity index (χ0) is 19.5. The van der Waals surface area contributed by atoms with E-state index in [2.05, 4.69) is 5.32 Å². The molecule has 1 aliphatic heterocycles. The van der Waals surface area contributed by atoms with Crippen LogP contribution in [0.3, 0.4) is 0 Å². The van der Waals surface area contributed by atoms with Crippen LogP contribution in [0.5, 0.6) is 0 Å². The third-order valence-electron chi connectivity index (χ3n) is 4.74. The summed E-state index contributed by atoms with van der Waals surface area (Å²) in [6.07, 6.45) is 2.22. The van der Waals surface area contributed by atoms with Gasteiger partial charge in [0.1, 0.15) is 0 Å². The zero-order valence-corrected chi connectivity index (χ0v) is 18.1. The van der Waals surface area contributed by atoms with Crippen molar-refractivity contribution in [3.8, 4) is 0 Å². The molecule has 3 N–H and O–H groups in total. The fourth-order valence-corrected chi connectivity index (χ4v) is 3.45. The van der Waals surface area contributed by atoms with Crippen LogP contribution in [-0.4, -0.2) is 35.8 Å². The number of carbonyl (C=O) groups is 2. The average molecular weight is 416 g/mol. The van der Waals surface area contributed by atoms with E-state index in [1.54, 1.807) is 18.2 Å². The first-order chi connectivity index (χ1) is 12.1. The van der Waals surface area contributed by atoms with Crippen molar-refractivity contribution in [2.24, 2.45) is 17.1 Å². The number of likely N-dealkylation sites (tertiary alicyclic amines) is 1. The Kier molecular flexibility index (Phi) is 8.58. The Hall–Kier alpha value is -1.30. The van der Waals surface area contributed by atoms with Gasteiger partial charge in [-0.3, -0.25) is 9.59 Å². The van der Waals surface area contributed by atoms with Crippen molar-refractivity contribution in [2.75, 3.05) is 18.4 Å². The predicted octanol–water partition coefficient (Wildman–Crippen LogP) is 4.34. The fraction of sp³-hybridized carbons (Fsp3) is 0.600. The first-order valence-electron chi connectivity index (χ1n) is 9.21. The summed E-state index contributed by atoms with van der Waals surface area (Å²) >= 11 is 6.25. The molecule has 1 heterocycles. The molecule has 0 spiro atoms. The number of hydrogen-bond acceptors (Lipinski definition) is 3. The lowest BCUT2D eigenvalue weighted by molar-refractivity contribution is -0.117. The molecule has 1 aromatic rings. The van der Waals surface area contributed by atoms with Crippen molar-refractivity contribution < 1.29 is 9.59 Å². The highest BCUT2D eigenvalue weighted by Crippen LogP contribution is 2.26. The Morgan fingerprint density at radius 2 is 1.89 bits per heavy atom. The molecule has 0 saturated carbocycles. The van der Waals surface area contributed by atoms with Gasteiger partial charge in [0, 0.05) is 31.2 Å². The fourth-order valence-electron chi connectivity index (χ4n) is 3.25. The molecule has 1 aliphatic rings. The van der Waals surface area contributed by atoms with Crippen molar-refractivity contribution in [3.63, 3.8) is 0 Å². The molecule has 2 amide bonds. The van der Waals surface area contributed by atoms with Gasteiger partial charge in [-0.2, -0.15) is 0 Å². The third-order valence-corrected chi connectivity index (χ3v) is 5.07. The second kappa shape index (κ2) is 9.76. The molecule has 1 unspecified atom stereocenters. The maximum absolute atomic E-state index is 12.9. The number of nitrogens with two attached hydrogens (primary N) is 1. The predicted molar refractivity (Wildman–Crippen MR) is 114 cm³/mol. The van der Waals surface area contributed by atoms with Crippen LogP contribution in [0, 0.1) is 11.3 Å². The Morgan fingerprint density at radius 3 is 2.41 bits per heavy atom. The summed E-state index contributed by atoms with van der Waals surface area (Å²) in [6.45, 7) is 9.41. The largest absolute Gasteiger partial charge is 0.339 e. The molecule has 0 aliphatic carbocycles. The second-order valence-corrected chi connectivity index (χ2v) is 8.88. The number of carbonyl (C=O) groups excluding carboxylic acids is 2. The number of rotatable bonds is 4. The van der Waals surface area contributed by atoms with Crippen LogP contribution in [0.15, 0.2) is 18.2 Å². The van der Waals surface area contributed by atoms with Gasteiger partial charge in [-0.25, -0.2) is 0 Å². The number of nitrogens with one attached hydrogen (secondary N) is 1. The summed E-state index contributed by atoms with van der Waals surface area (Å²) in [6, 6.07) is 5.21. The summed E-state index contributed by atoms with van der Waals surface area (Å²) in [4.78, 5) is 26.8. The highest BCUT2D eigenvalue weighted by molar-refractivity contribution is 6.34. The van der Waals surface area contributed by atoms with Crippen LogP contribution < -0.4 is 11.1 Å². The standard InChI is InChI=1S/C20H30ClN3O2.ClH/c1-13(22)14-7-9-24(10-8-14)19(26)16-11-15(5-6-17(16)21)23-18(25)12-20(2,3)4;/h5-6,11,13-14H,7-10,12,22H2,1-4H3,(H,23,25);1H. The van der Waals surface area contributed by atoms with Gasteiger partial charge in [0.15, 0.2) is 0 Å². The molecular formula is C20H31Cl2N3O2. The third kappa shape index (κ3) is 6.98. The number of benzene rings is 1. The van der Waals surface area contributed by atoms with Crippen molar-refractivity contribution in [1.82, 2.24) is 4.90 Å². The molecule has 0 bridgehead atoms. The van der Waals surface area contributed by atoms with E-state index in [1.165, 1.54) is 0 Å². The summed E-state index contributed by atoms with van der Waals surface area (Å²) in [7, 11) is 0. The van der Waals surface area contributed by atoms with Gasteiger partial charge < -0.3 is 16.0 Å². The number of amides is 2. The second-order valence-electron chi connectivity index (χ2n) is 8.47. The van der Waals surface area contributed by atoms with E-state index in [4.69, 9.17) is 17.3 Å². The zero-order valence-electron chi connectivity index (χ0n) is 16.5. The molecule has 1 fully saturated rings. The van der Waals surface area contributed by atoms with Gasteiger partial charge in [-0.05, 0) is 49.3 Å². The maximum Gasteiger partial charge on any atom is 0.255 e. The first kappa shape index (κ1) is 23.7. The van der Waals surface area contributed by atoms with Crippen molar-refractivity contribution in [3.05, 3.63) is 28.8 Å². The minimum Gasteiger partial charge on any atom is -0.339 e. The van der Waals surface area contributed by atoms with E-state index in [0.29, 0.717) is 41.7 Å². The molecule has 5 nitrogen and oxygen atoms in total. The molecule has 27 heavy (non-hydrogen) atoms. The number of piperidine rings is 1. The van der Waals surface area contributed by atoms with Crippen LogP contribution >= 0.6 is 24.0 Å². The van der Waals surface area contributed by atoms with E-state index in [1.807, 2.05) is 32.6 Å². The summed E-state index contributed by atoms with van der Waals surface area (Å²) in [5.74, 6) is 0.290. The Labute approximate surface area is 173 Å². The maximum atomic E-state index is 12.9. The molecule has 1 saturated heterocycles. The van der Waals surface area contributed by atoms with Gasteiger partial charge in [0.2, 0.25) is 5.91 Å². The van der Waals surface area contributed by atoms with E-state index >= 15 is 0 Å². The monoisotopic (exact) mass is 415 g/mol. The number of anilines is 1. The molecule has 7 heteroatoms. The molecule has 152 valence electrons. The van der Waals surface area contributed by atoms with Crippen LogP contribution in [-0.2, 0) is 4.79 Å². The van der Waals surface area contributed by atoms with Crippen LogP contribution in [0.4, 0.5) is 5.69 Å². The van der Waals surface area contributed by atoms with Gasteiger partial charge in [0.05, 0.1) is 10.6 Å². The average Bonchev–Trinajstić information content (AvgIpc) is 2.54. The highest BCUT2D eigenvalue weighted by atomic mass is 35.5. The lowest BCUT2D eigenvalue weighted by Crippen LogP contribution is -2.42. The minimum absolute atomic E-state index is 0. The normalized spacial score (nSPS) is 16.4. The Bertz CT molecular complexity index is 664. The number of hydrogen-bond donors (Lipinski definition) is 2. The highest BCUT2D eigenvalue weighted by Gasteiger charge is 2.26. The van der Waals surface area contributed by atoms with Gasteiger partial charge >= 0.3 is 0 Å². The lowest BCUT2D eigenvalue weighted by atomic mass is 9.90. The summed E-state index contributed by atoms with van der Waals surface area (Å²) in [5.41, 5.74) is 6.90. The van der Waals surface area contributed by atoms with Gasteiger partial charge in [-0.1, -0.05) is 32.4 Å². The van der Waals surface area contributed by atoms with Crippen molar-refractivity contribution in [2.45, 2.75) is 53.0 Å². The summed E-state index contributed by atoms with van der Waals surface area (Å²) < 4.78 is 0. The quantitative estimate of drug-likeness (QED) is 0.767. The Morgan fingerprint density at radius 1 is 1.30 bits per heavy atom. The van der Waals surface area contributed by atoms with Crippen LogP contribution in [0.25, 0.3) is 0 Å². The number of halogens is 2. The number of nitrogens with zero attached hydrogens (tertiary/aromatic N) is 1. The van der Waals surface area contributed by atoms with Gasteiger partial charge in [0.25, 0.3) is 5.91 Å². The SMILES string of the molecule is CC(N)C1CCN(C(=O)c2cc(NC(=O)CC(C)(C)C)ccc2Cl)CC1.Cl. The molecule has 1 aromatic carbocycles. The van der Waals surface area contributed by atoms with Crippen molar-refractivity contribution >= 4 is 41.5 Å².